The van der Waals surface area contributed by atoms with Gasteiger partial charge in [-0.3, -0.25) is 4.79 Å². The number of halogens is 1. The molecule has 0 saturated carbocycles. The van der Waals surface area contributed by atoms with Crippen molar-refractivity contribution >= 4 is 28.9 Å². The molecule has 5 heteroatoms. The van der Waals surface area contributed by atoms with Crippen LogP contribution in [-0.4, -0.2) is 19.0 Å². The van der Waals surface area contributed by atoms with Gasteiger partial charge in [0.15, 0.2) is 5.76 Å². The molecule has 138 valence electrons. The number of nitrogens with zero attached hydrogens (tertiary/aromatic N) is 1. The fraction of sp³-hybridized carbons (Fsp3) is 0.227. The van der Waals surface area contributed by atoms with E-state index in [0.29, 0.717) is 10.8 Å². The number of nitrogens with one attached hydrogen (secondary N) is 1. The molecule has 27 heavy (non-hydrogen) atoms. The van der Waals surface area contributed by atoms with E-state index in [4.69, 9.17) is 16.0 Å². The molecule has 2 heterocycles. The third-order valence-corrected chi connectivity index (χ3v) is 5.37. The van der Waals surface area contributed by atoms with Crippen molar-refractivity contribution in [1.29, 1.82) is 0 Å². The van der Waals surface area contributed by atoms with Gasteiger partial charge in [0.2, 0.25) is 0 Å². The zero-order chi connectivity index (χ0) is 18.8. The number of anilines is 2. The molecule has 2 aromatic carbocycles. The van der Waals surface area contributed by atoms with Crippen LogP contribution in [0.3, 0.4) is 0 Å². The van der Waals surface area contributed by atoms with Crippen molar-refractivity contribution in [1.82, 2.24) is 0 Å². The summed E-state index contributed by atoms with van der Waals surface area (Å²) < 4.78 is 5.77. The number of benzene rings is 2. The zero-order valence-corrected chi connectivity index (χ0v) is 15.9. The number of hydrogen-bond acceptors (Lipinski definition) is 3. The predicted molar refractivity (Wildman–Crippen MR) is 110 cm³/mol. The number of carbonyl (C=O) groups is 1. The molecule has 1 N–H and O–H groups in total. The minimum Gasteiger partial charge on any atom is -0.451 e. The highest BCUT2D eigenvalue weighted by molar-refractivity contribution is 6.31. The van der Waals surface area contributed by atoms with Gasteiger partial charge >= 0.3 is 0 Å². The van der Waals surface area contributed by atoms with Crippen LogP contribution in [0.1, 0.15) is 29.0 Å². The minimum absolute atomic E-state index is 0.269. The molecule has 1 saturated heterocycles. The predicted octanol–water partition coefficient (Wildman–Crippen LogP) is 5.76. The van der Waals surface area contributed by atoms with Crippen LogP contribution in [0.15, 0.2) is 59.0 Å². The van der Waals surface area contributed by atoms with Crippen LogP contribution in [0.4, 0.5) is 11.4 Å². The van der Waals surface area contributed by atoms with Gasteiger partial charge in [-0.15, -0.1) is 0 Å². The van der Waals surface area contributed by atoms with Crippen molar-refractivity contribution in [3.8, 4) is 11.3 Å². The van der Waals surface area contributed by atoms with E-state index in [-0.39, 0.29) is 11.7 Å². The lowest BCUT2D eigenvalue weighted by Crippen LogP contribution is -2.17. The molecule has 3 aromatic rings. The van der Waals surface area contributed by atoms with Gasteiger partial charge < -0.3 is 14.6 Å². The Bertz CT molecular complexity index is 957. The Balaban J connectivity index is 1.47. The van der Waals surface area contributed by atoms with Gasteiger partial charge in [-0.1, -0.05) is 23.7 Å². The summed E-state index contributed by atoms with van der Waals surface area (Å²) in [5.41, 5.74) is 3.76. The Morgan fingerprint density at radius 1 is 1.04 bits per heavy atom. The largest absolute Gasteiger partial charge is 0.451 e. The fourth-order valence-electron chi connectivity index (χ4n) is 3.40. The molecule has 4 nitrogen and oxygen atoms in total. The molecule has 1 amide bonds. The lowest BCUT2D eigenvalue weighted by Gasteiger charge is -2.17. The van der Waals surface area contributed by atoms with Crippen molar-refractivity contribution in [2.24, 2.45) is 0 Å². The zero-order valence-electron chi connectivity index (χ0n) is 15.2. The van der Waals surface area contributed by atoms with Crippen molar-refractivity contribution in [3.63, 3.8) is 0 Å². The fourth-order valence-corrected chi connectivity index (χ4v) is 3.58. The normalized spacial score (nSPS) is 13.8. The van der Waals surface area contributed by atoms with Crippen LogP contribution in [-0.2, 0) is 0 Å². The van der Waals surface area contributed by atoms with E-state index in [1.165, 1.54) is 18.5 Å². The molecule has 1 aliphatic rings. The Labute approximate surface area is 163 Å². The van der Waals surface area contributed by atoms with E-state index in [1.807, 2.05) is 49.4 Å². The summed E-state index contributed by atoms with van der Waals surface area (Å²) in [6.07, 6.45) is 2.48. The maximum Gasteiger partial charge on any atom is 0.291 e. The van der Waals surface area contributed by atoms with Crippen molar-refractivity contribution < 1.29 is 9.21 Å². The molecule has 1 fully saturated rings. The Morgan fingerprint density at radius 2 is 1.78 bits per heavy atom. The van der Waals surface area contributed by atoms with E-state index < -0.39 is 0 Å². The highest BCUT2D eigenvalue weighted by Crippen LogP contribution is 2.30. The van der Waals surface area contributed by atoms with Crippen LogP contribution in [0.25, 0.3) is 11.3 Å². The second kappa shape index (κ2) is 7.49. The lowest BCUT2D eigenvalue weighted by molar-refractivity contribution is 0.0997. The molecule has 1 aromatic heterocycles. The van der Waals surface area contributed by atoms with Gasteiger partial charge in [-0.05, 0) is 67.8 Å². The van der Waals surface area contributed by atoms with Crippen molar-refractivity contribution in [2.45, 2.75) is 19.8 Å². The molecule has 0 radical (unpaired) electrons. The Morgan fingerprint density at radius 3 is 2.52 bits per heavy atom. The molecule has 0 bridgehead atoms. The van der Waals surface area contributed by atoms with Crippen LogP contribution in [0.2, 0.25) is 5.02 Å². The first-order valence-corrected chi connectivity index (χ1v) is 9.51. The van der Waals surface area contributed by atoms with Gasteiger partial charge in [0.05, 0.1) is 0 Å². The monoisotopic (exact) mass is 380 g/mol. The number of amides is 1. The van der Waals surface area contributed by atoms with E-state index in [1.54, 1.807) is 12.1 Å². The summed E-state index contributed by atoms with van der Waals surface area (Å²) >= 11 is 6.18. The smallest absolute Gasteiger partial charge is 0.291 e. The van der Waals surface area contributed by atoms with Crippen molar-refractivity contribution in [2.75, 3.05) is 23.3 Å². The maximum absolute atomic E-state index is 12.5. The Hall–Kier alpha value is -2.72. The average Bonchev–Trinajstić information content (AvgIpc) is 3.36. The van der Waals surface area contributed by atoms with Crippen LogP contribution < -0.4 is 10.2 Å². The molecule has 1 aliphatic heterocycles. The summed E-state index contributed by atoms with van der Waals surface area (Å²) in [6, 6.07) is 17.1. The highest BCUT2D eigenvalue weighted by atomic mass is 35.5. The molecule has 0 unspecified atom stereocenters. The standard InChI is InChI=1S/C22H21ClN2O2/c1-15-18(5-4-6-19(15)23)20-11-12-21(27-20)22(26)24-16-7-9-17(10-8-16)25-13-2-3-14-25/h4-12H,2-3,13-14H2,1H3,(H,24,26). The van der Waals surface area contributed by atoms with E-state index in [9.17, 15) is 4.79 Å². The quantitative estimate of drug-likeness (QED) is 0.625. The van der Waals surface area contributed by atoms with Gasteiger partial charge in [-0.2, -0.15) is 0 Å². The van der Waals surface area contributed by atoms with Gasteiger partial charge in [0.25, 0.3) is 5.91 Å². The van der Waals surface area contributed by atoms with Gasteiger partial charge in [0.1, 0.15) is 5.76 Å². The molecule has 4 rings (SSSR count). The third kappa shape index (κ3) is 3.71. The second-order valence-corrected chi connectivity index (χ2v) is 7.18. The molecule has 0 atom stereocenters. The number of furan rings is 1. The second-order valence-electron chi connectivity index (χ2n) is 6.77. The summed E-state index contributed by atoms with van der Waals surface area (Å²) in [7, 11) is 0. The van der Waals surface area contributed by atoms with Crippen LogP contribution in [0, 0.1) is 6.92 Å². The molecule has 0 spiro atoms. The van der Waals surface area contributed by atoms with E-state index >= 15 is 0 Å². The number of hydrogen-bond donors (Lipinski definition) is 1. The SMILES string of the molecule is Cc1c(Cl)cccc1-c1ccc(C(=O)Nc2ccc(N3CCCC3)cc2)o1. The van der Waals surface area contributed by atoms with E-state index in [0.717, 1.165) is 29.9 Å². The highest BCUT2D eigenvalue weighted by Gasteiger charge is 2.15. The summed E-state index contributed by atoms with van der Waals surface area (Å²) in [6.45, 7) is 4.13. The van der Waals surface area contributed by atoms with E-state index in [2.05, 4.69) is 10.2 Å². The third-order valence-electron chi connectivity index (χ3n) is 4.96. The van der Waals surface area contributed by atoms with Crippen LogP contribution in [0.5, 0.6) is 0 Å². The summed E-state index contributed by atoms with van der Waals surface area (Å²) in [5.74, 6) is 0.632. The molecular formula is C22H21ClN2O2. The summed E-state index contributed by atoms with van der Waals surface area (Å²) in [5, 5.41) is 3.56. The van der Waals surface area contributed by atoms with Crippen molar-refractivity contribution in [3.05, 3.63) is 70.9 Å². The summed E-state index contributed by atoms with van der Waals surface area (Å²) in [4.78, 5) is 14.9. The average molecular weight is 381 g/mol. The Kier molecular flexibility index (Phi) is 4.90. The van der Waals surface area contributed by atoms with Gasteiger partial charge in [-0.25, -0.2) is 0 Å². The minimum atomic E-state index is -0.269. The van der Waals surface area contributed by atoms with Gasteiger partial charge in [0, 0.05) is 35.1 Å². The first kappa shape index (κ1) is 17.7. The number of carbonyl (C=O) groups excluding carboxylic acids is 1. The number of rotatable bonds is 4. The first-order valence-electron chi connectivity index (χ1n) is 9.13. The lowest BCUT2D eigenvalue weighted by atomic mass is 10.1. The van der Waals surface area contributed by atoms with Crippen LogP contribution >= 0.6 is 11.6 Å². The maximum atomic E-state index is 12.5. The topological polar surface area (TPSA) is 45.5 Å². The first-order chi connectivity index (χ1) is 13.1. The molecular weight excluding hydrogens is 360 g/mol. The molecule has 0 aliphatic carbocycles.